The Balaban J connectivity index is 2.70. The van der Waals surface area contributed by atoms with E-state index in [1.807, 2.05) is 0 Å². The average molecular weight is 246 g/mol. The summed E-state index contributed by atoms with van der Waals surface area (Å²) in [5.74, 6) is -1.85. The van der Waals surface area contributed by atoms with Crippen LogP contribution in [-0.4, -0.2) is 39.5 Å². The molecule has 1 heterocycles. The minimum absolute atomic E-state index is 0.0173. The van der Waals surface area contributed by atoms with Gasteiger partial charge in [-0.25, -0.2) is 13.1 Å². The van der Waals surface area contributed by atoms with Crippen molar-refractivity contribution in [2.24, 2.45) is 5.92 Å². The number of alkyl halides is 3. The van der Waals surface area contributed by atoms with E-state index >= 15 is 0 Å². The fourth-order valence-corrected chi connectivity index (χ4v) is 2.34. The molecule has 15 heavy (non-hydrogen) atoms. The molecule has 1 aliphatic rings. The second-order valence-corrected chi connectivity index (χ2v) is 5.48. The molecule has 1 aliphatic heterocycles. The van der Waals surface area contributed by atoms with E-state index in [9.17, 15) is 21.6 Å². The van der Waals surface area contributed by atoms with Crippen molar-refractivity contribution in [2.45, 2.75) is 19.1 Å². The van der Waals surface area contributed by atoms with Crippen molar-refractivity contribution in [2.75, 3.05) is 18.8 Å². The molecule has 0 aromatic rings. The maximum absolute atomic E-state index is 12.4. The Labute approximate surface area is 86.3 Å². The molecule has 2 atom stereocenters. The van der Waals surface area contributed by atoms with Crippen molar-refractivity contribution >= 4 is 10.0 Å². The van der Waals surface area contributed by atoms with Crippen molar-refractivity contribution in [1.82, 2.24) is 10.0 Å². The summed E-state index contributed by atoms with van der Waals surface area (Å²) in [6.45, 7) is 1.16. The molecule has 4 nitrogen and oxygen atoms in total. The van der Waals surface area contributed by atoms with Crippen LogP contribution in [0.3, 0.4) is 0 Å². The topological polar surface area (TPSA) is 58.2 Å². The molecule has 0 aromatic heterocycles. The highest BCUT2D eigenvalue weighted by molar-refractivity contribution is 7.89. The Hall–Kier alpha value is -0.340. The zero-order valence-electron chi connectivity index (χ0n) is 8.13. The lowest BCUT2D eigenvalue weighted by molar-refractivity contribution is -0.172. The second-order valence-electron chi connectivity index (χ2n) is 3.43. The molecule has 1 saturated heterocycles. The van der Waals surface area contributed by atoms with Gasteiger partial charge in [0.1, 0.15) is 0 Å². The molecule has 2 N–H and O–H groups in total. The third kappa shape index (κ3) is 3.32. The lowest BCUT2D eigenvalue weighted by Crippen LogP contribution is -2.45. The SMILES string of the molecule is CCS(=O)(=O)N[C@@H]1CNC[C@H]1C(F)(F)F. The van der Waals surface area contributed by atoms with Crippen molar-refractivity contribution in [3.8, 4) is 0 Å². The molecule has 1 fully saturated rings. The van der Waals surface area contributed by atoms with Gasteiger partial charge in [0.15, 0.2) is 0 Å². The second kappa shape index (κ2) is 4.26. The molecule has 0 bridgehead atoms. The fourth-order valence-electron chi connectivity index (χ4n) is 1.46. The quantitative estimate of drug-likeness (QED) is 0.741. The van der Waals surface area contributed by atoms with Crippen LogP contribution >= 0.6 is 0 Å². The Kier molecular flexibility index (Phi) is 3.62. The Bertz CT molecular complexity index is 315. The van der Waals surface area contributed by atoms with Gasteiger partial charge in [-0.05, 0) is 6.92 Å². The number of hydrogen-bond acceptors (Lipinski definition) is 3. The van der Waals surface area contributed by atoms with Crippen LogP contribution in [0.25, 0.3) is 0 Å². The summed E-state index contributed by atoms with van der Waals surface area (Å²) >= 11 is 0. The Morgan fingerprint density at radius 3 is 2.47 bits per heavy atom. The molecule has 0 aromatic carbocycles. The average Bonchev–Trinajstić information content (AvgIpc) is 2.50. The van der Waals surface area contributed by atoms with Crippen molar-refractivity contribution in [3.05, 3.63) is 0 Å². The van der Waals surface area contributed by atoms with Gasteiger partial charge in [-0.3, -0.25) is 0 Å². The largest absolute Gasteiger partial charge is 0.394 e. The molecule has 0 saturated carbocycles. The summed E-state index contributed by atoms with van der Waals surface area (Å²) in [6.07, 6.45) is -4.37. The molecule has 0 aliphatic carbocycles. The summed E-state index contributed by atoms with van der Waals surface area (Å²) in [4.78, 5) is 0. The molecular formula is C7H13F3N2O2S. The fraction of sp³-hybridized carbons (Fsp3) is 1.00. The van der Waals surface area contributed by atoms with E-state index in [1.54, 1.807) is 0 Å². The molecular weight excluding hydrogens is 233 g/mol. The number of sulfonamides is 1. The standard InChI is InChI=1S/C7H13F3N2O2S/c1-2-15(13,14)12-6-4-11-3-5(6)7(8,9)10/h5-6,11-12H,2-4H2,1H3/t5-,6-/m1/s1. The molecule has 0 spiro atoms. The first-order valence-corrected chi connectivity index (χ1v) is 6.19. The first-order chi connectivity index (χ1) is 6.76. The third-order valence-corrected chi connectivity index (χ3v) is 3.77. The molecule has 90 valence electrons. The zero-order chi connectivity index (χ0) is 11.7. The summed E-state index contributed by atoms with van der Waals surface area (Å²) in [5.41, 5.74) is 0. The smallest absolute Gasteiger partial charge is 0.314 e. The van der Waals surface area contributed by atoms with E-state index in [4.69, 9.17) is 0 Å². The normalized spacial score (nSPS) is 28.3. The van der Waals surface area contributed by atoms with Gasteiger partial charge in [0.25, 0.3) is 0 Å². The maximum Gasteiger partial charge on any atom is 0.394 e. The number of hydrogen-bond donors (Lipinski definition) is 2. The number of halogens is 3. The summed E-state index contributed by atoms with van der Waals surface area (Å²) < 4.78 is 61.5. The van der Waals surface area contributed by atoms with E-state index in [2.05, 4.69) is 10.0 Å². The zero-order valence-corrected chi connectivity index (χ0v) is 8.95. The summed E-state index contributed by atoms with van der Waals surface area (Å²) in [6, 6.07) is -1.09. The minimum Gasteiger partial charge on any atom is -0.314 e. The van der Waals surface area contributed by atoms with Crippen molar-refractivity contribution in [1.29, 1.82) is 0 Å². The minimum atomic E-state index is -4.37. The summed E-state index contributed by atoms with van der Waals surface area (Å²) in [7, 11) is -3.59. The summed E-state index contributed by atoms with van der Waals surface area (Å²) in [5, 5.41) is 2.53. The van der Waals surface area contributed by atoms with Crippen LogP contribution < -0.4 is 10.0 Å². The van der Waals surface area contributed by atoms with Crippen LogP contribution in [0.15, 0.2) is 0 Å². The highest BCUT2D eigenvalue weighted by Crippen LogP contribution is 2.30. The molecule has 0 unspecified atom stereocenters. The van der Waals surface area contributed by atoms with Gasteiger partial charge in [0.05, 0.1) is 11.7 Å². The maximum atomic E-state index is 12.4. The van der Waals surface area contributed by atoms with Gasteiger partial charge in [-0.15, -0.1) is 0 Å². The lowest BCUT2D eigenvalue weighted by Gasteiger charge is -2.21. The van der Waals surface area contributed by atoms with Gasteiger partial charge in [-0.1, -0.05) is 0 Å². The van der Waals surface area contributed by atoms with Crippen LogP contribution in [0.5, 0.6) is 0 Å². The van der Waals surface area contributed by atoms with E-state index in [1.165, 1.54) is 6.92 Å². The van der Waals surface area contributed by atoms with Crippen LogP contribution in [0.2, 0.25) is 0 Å². The van der Waals surface area contributed by atoms with Crippen LogP contribution in [0.4, 0.5) is 13.2 Å². The molecule has 0 amide bonds. The van der Waals surface area contributed by atoms with E-state index in [0.29, 0.717) is 0 Å². The van der Waals surface area contributed by atoms with Crippen molar-refractivity contribution < 1.29 is 21.6 Å². The Morgan fingerprint density at radius 1 is 1.40 bits per heavy atom. The van der Waals surface area contributed by atoms with Crippen LogP contribution in [-0.2, 0) is 10.0 Å². The Morgan fingerprint density at radius 2 is 2.00 bits per heavy atom. The van der Waals surface area contributed by atoms with E-state index in [-0.39, 0.29) is 18.8 Å². The van der Waals surface area contributed by atoms with Gasteiger partial charge in [0, 0.05) is 19.1 Å². The highest BCUT2D eigenvalue weighted by Gasteiger charge is 2.48. The van der Waals surface area contributed by atoms with Gasteiger partial charge < -0.3 is 5.32 Å². The predicted octanol–water partition coefficient (Wildman–Crippen LogP) is 0.0760. The van der Waals surface area contributed by atoms with E-state index in [0.717, 1.165) is 0 Å². The van der Waals surface area contributed by atoms with Crippen LogP contribution in [0, 0.1) is 5.92 Å². The first-order valence-electron chi connectivity index (χ1n) is 4.53. The third-order valence-electron chi connectivity index (χ3n) is 2.35. The molecule has 0 radical (unpaired) electrons. The lowest BCUT2D eigenvalue weighted by atomic mass is 10.0. The van der Waals surface area contributed by atoms with Crippen LogP contribution in [0.1, 0.15) is 6.92 Å². The van der Waals surface area contributed by atoms with E-state index < -0.39 is 28.2 Å². The van der Waals surface area contributed by atoms with Gasteiger partial charge in [0.2, 0.25) is 10.0 Å². The van der Waals surface area contributed by atoms with Gasteiger partial charge in [-0.2, -0.15) is 13.2 Å². The van der Waals surface area contributed by atoms with Crippen molar-refractivity contribution in [3.63, 3.8) is 0 Å². The molecule has 8 heteroatoms. The number of nitrogens with one attached hydrogen (secondary N) is 2. The molecule has 1 rings (SSSR count). The predicted molar refractivity (Wildman–Crippen MR) is 48.8 cm³/mol. The highest BCUT2D eigenvalue weighted by atomic mass is 32.2. The van der Waals surface area contributed by atoms with Gasteiger partial charge >= 0.3 is 6.18 Å². The first kappa shape index (κ1) is 12.7. The number of rotatable bonds is 3. The monoisotopic (exact) mass is 246 g/mol.